The zero-order chi connectivity index (χ0) is 15.9. The molecule has 0 aromatic heterocycles. The van der Waals surface area contributed by atoms with E-state index in [2.05, 4.69) is 51.2 Å². The Labute approximate surface area is 134 Å². The van der Waals surface area contributed by atoms with Crippen LogP contribution in [-0.2, 0) is 4.79 Å². The van der Waals surface area contributed by atoms with Gasteiger partial charge in [0, 0.05) is 0 Å². The average Bonchev–Trinajstić information content (AvgIpc) is 3.07. The van der Waals surface area contributed by atoms with Gasteiger partial charge >= 0.3 is 0 Å². The molecule has 1 aromatic rings. The quantitative estimate of drug-likeness (QED) is 0.858. The van der Waals surface area contributed by atoms with Crippen molar-refractivity contribution >= 4 is 5.91 Å². The number of amides is 1. The maximum atomic E-state index is 13.0. The van der Waals surface area contributed by atoms with Crippen molar-refractivity contribution < 1.29 is 4.79 Å². The zero-order valence-electron chi connectivity index (χ0n) is 14.4. The molecule has 120 valence electrons. The second-order valence-corrected chi connectivity index (χ2v) is 7.65. The molecular formula is C20H29NO. The number of hydrogen-bond donors (Lipinski definition) is 1. The molecule has 0 radical (unpaired) electrons. The molecule has 22 heavy (non-hydrogen) atoms. The molecule has 4 unspecified atom stereocenters. The van der Waals surface area contributed by atoms with Gasteiger partial charge in [0.2, 0.25) is 5.91 Å². The summed E-state index contributed by atoms with van der Waals surface area (Å²) < 4.78 is 0. The molecule has 4 atom stereocenters. The molecular weight excluding hydrogens is 270 g/mol. The minimum Gasteiger partial charge on any atom is -0.349 e. The highest BCUT2D eigenvalue weighted by Crippen LogP contribution is 2.57. The lowest BCUT2D eigenvalue weighted by Crippen LogP contribution is -2.45. The molecule has 1 aromatic carbocycles. The lowest BCUT2D eigenvalue weighted by atomic mass is 9.70. The van der Waals surface area contributed by atoms with Crippen molar-refractivity contribution in [1.82, 2.24) is 5.32 Å². The Hall–Kier alpha value is -1.31. The van der Waals surface area contributed by atoms with Gasteiger partial charge in [-0.15, -0.1) is 0 Å². The van der Waals surface area contributed by atoms with Gasteiger partial charge in [-0.05, 0) is 69.4 Å². The highest BCUT2D eigenvalue weighted by atomic mass is 16.2. The number of aryl methyl sites for hydroxylation is 2. The summed E-state index contributed by atoms with van der Waals surface area (Å²) in [5, 5.41) is 3.34. The first-order valence-corrected chi connectivity index (χ1v) is 8.84. The molecule has 2 heteroatoms. The molecule has 2 nitrogen and oxygen atoms in total. The van der Waals surface area contributed by atoms with Crippen molar-refractivity contribution in [3.63, 3.8) is 0 Å². The predicted octanol–water partition coefficient (Wildman–Crippen LogP) is 4.70. The average molecular weight is 299 g/mol. The van der Waals surface area contributed by atoms with Gasteiger partial charge in [0.25, 0.3) is 0 Å². The van der Waals surface area contributed by atoms with Gasteiger partial charge in [-0.3, -0.25) is 4.79 Å². The second kappa shape index (κ2) is 5.72. The van der Waals surface area contributed by atoms with Crippen molar-refractivity contribution in [2.75, 3.05) is 0 Å². The van der Waals surface area contributed by atoms with E-state index in [4.69, 9.17) is 0 Å². The molecule has 2 fully saturated rings. The summed E-state index contributed by atoms with van der Waals surface area (Å²) in [5.41, 5.74) is 3.70. The fraction of sp³-hybridized carbons (Fsp3) is 0.650. The Morgan fingerprint density at radius 1 is 1.36 bits per heavy atom. The van der Waals surface area contributed by atoms with Crippen LogP contribution in [-0.4, -0.2) is 5.91 Å². The first-order valence-electron chi connectivity index (χ1n) is 8.84. The van der Waals surface area contributed by atoms with Crippen LogP contribution < -0.4 is 5.32 Å². The van der Waals surface area contributed by atoms with Gasteiger partial charge in [0.05, 0.1) is 11.5 Å². The monoisotopic (exact) mass is 299 g/mol. The lowest BCUT2D eigenvalue weighted by Gasteiger charge is -2.36. The third kappa shape index (κ3) is 2.47. The van der Waals surface area contributed by atoms with Gasteiger partial charge < -0.3 is 5.32 Å². The molecule has 0 spiro atoms. The fourth-order valence-corrected chi connectivity index (χ4v) is 5.05. The SMILES string of the molecule is CCC1(C(=O)NC(C)c2ccc(C)cc2C)CC2CCC1C2. The largest absolute Gasteiger partial charge is 0.349 e. The Bertz CT molecular complexity index is 579. The summed E-state index contributed by atoms with van der Waals surface area (Å²) in [6, 6.07) is 6.59. The van der Waals surface area contributed by atoms with Crippen molar-refractivity contribution in [3.8, 4) is 0 Å². The van der Waals surface area contributed by atoms with E-state index in [1.165, 1.54) is 36.0 Å². The lowest BCUT2D eigenvalue weighted by molar-refractivity contribution is -0.135. The van der Waals surface area contributed by atoms with Gasteiger partial charge in [0.15, 0.2) is 0 Å². The summed E-state index contributed by atoms with van der Waals surface area (Å²) in [6.45, 7) is 8.56. The Morgan fingerprint density at radius 3 is 2.68 bits per heavy atom. The number of carbonyl (C=O) groups excluding carboxylic acids is 1. The van der Waals surface area contributed by atoms with Gasteiger partial charge in [-0.2, -0.15) is 0 Å². The maximum absolute atomic E-state index is 13.0. The first-order chi connectivity index (χ1) is 10.5. The van der Waals surface area contributed by atoms with Crippen molar-refractivity contribution in [2.24, 2.45) is 17.3 Å². The first kappa shape index (κ1) is 15.6. The molecule has 1 amide bonds. The van der Waals surface area contributed by atoms with Gasteiger partial charge in [0.1, 0.15) is 0 Å². The minimum absolute atomic E-state index is 0.0875. The summed E-state index contributed by atoms with van der Waals surface area (Å²) in [7, 11) is 0. The van der Waals surface area contributed by atoms with Gasteiger partial charge in [-0.1, -0.05) is 37.1 Å². The number of nitrogens with one attached hydrogen (secondary N) is 1. The third-order valence-electron chi connectivity index (χ3n) is 6.30. The molecule has 0 aliphatic heterocycles. The van der Waals surface area contributed by atoms with E-state index in [0.717, 1.165) is 18.8 Å². The summed E-state index contributed by atoms with van der Waals surface area (Å²) in [4.78, 5) is 13.0. The summed E-state index contributed by atoms with van der Waals surface area (Å²) in [6.07, 6.45) is 5.97. The van der Waals surface area contributed by atoms with Crippen LogP contribution in [0.4, 0.5) is 0 Å². The highest BCUT2D eigenvalue weighted by molar-refractivity contribution is 5.84. The highest BCUT2D eigenvalue weighted by Gasteiger charge is 2.54. The van der Waals surface area contributed by atoms with Crippen LogP contribution in [0.15, 0.2) is 18.2 Å². The fourth-order valence-electron chi connectivity index (χ4n) is 5.05. The topological polar surface area (TPSA) is 29.1 Å². The molecule has 0 saturated heterocycles. The molecule has 1 N–H and O–H groups in total. The normalized spacial score (nSPS) is 31.3. The number of fused-ring (bicyclic) bond motifs is 2. The van der Waals surface area contributed by atoms with Crippen LogP contribution in [0.1, 0.15) is 68.7 Å². The van der Waals surface area contributed by atoms with Crippen molar-refractivity contribution in [1.29, 1.82) is 0 Å². The second-order valence-electron chi connectivity index (χ2n) is 7.65. The number of benzene rings is 1. The third-order valence-corrected chi connectivity index (χ3v) is 6.30. The molecule has 2 bridgehead atoms. The van der Waals surface area contributed by atoms with E-state index in [-0.39, 0.29) is 11.5 Å². The van der Waals surface area contributed by atoms with Crippen molar-refractivity contribution in [3.05, 3.63) is 34.9 Å². The van der Waals surface area contributed by atoms with Crippen molar-refractivity contribution in [2.45, 2.75) is 65.8 Å². The molecule has 0 heterocycles. The van der Waals surface area contributed by atoms with E-state index in [1.807, 2.05) is 0 Å². The molecule has 3 rings (SSSR count). The zero-order valence-corrected chi connectivity index (χ0v) is 14.4. The maximum Gasteiger partial charge on any atom is 0.226 e. The van der Waals surface area contributed by atoms with Crippen LogP contribution in [0.5, 0.6) is 0 Å². The smallest absolute Gasteiger partial charge is 0.226 e. The minimum atomic E-state index is -0.0875. The number of hydrogen-bond acceptors (Lipinski definition) is 1. The Balaban J connectivity index is 1.76. The summed E-state index contributed by atoms with van der Waals surface area (Å²) in [5.74, 6) is 1.72. The van der Waals surface area contributed by atoms with Crippen LogP contribution >= 0.6 is 0 Å². The van der Waals surface area contributed by atoms with Crippen LogP contribution in [0.3, 0.4) is 0 Å². The number of carbonyl (C=O) groups is 1. The Kier molecular flexibility index (Phi) is 4.05. The standard InChI is InChI=1S/C20H29NO/c1-5-20(12-16-7-8-17(20)11-16)19(22)21-15(4)18-9-6-13(2)10-14(18)3/h6,9-10,15-17H,5,7-8,11-12H2,1-4H3,(H,21,22). The predicted molar refractivity (Wildman–Crippen MR) is 90.6 cm³/mol. The van der Waals surface area contributed by atoms with E-state index in [1.54, 1.807) is 0 Å². The molecule has 2 saturated carbocycles. The van der Waals surface area contributed by atoms with E-state index < -0.39 is 0 Å². The van der Waals surface area contributed by atoms with Crippen LogP contribution in [0, 0.1) is 31.1 Å². The molecule has 2 aliphatic carbocycles. The van der Waals surface area contributed by atoms with Crippen LogP contribution in [0.2, 0.25) is 0 Å². The number of rotatable bonds is 4. The van der Waals surface area contributed by atoms with Crippen LogP contribution in [0.25, 0.3) is 0 Å². The van der Waals surface area contributed by atoms with E-state index in [9.17, 15) is 4.79 Å². The Morgan fingerprint density at radius 2 is 2.14 bits per heavy atom. The molecule has 2 aliphatic rings. The van der Waals surface area contributed by atoms with E-state index in [0.29, 0.717) is 11.8 Å². The summed E-state index contributed by atoms with van der Waals surface area (Å²) >= 11 is 0. The van der Waals surface area contributed by atoms with Gasteiger partial charge in [-0.25, -0.2) is 0 Å². The van der Waals surface area contributed by atoms with E-state index >= 15 is 0 Å².